The van der Waals surface area contributed by atoms with Crippen LogP contribution in [0.25, 0.3) is 5.69 Å². The first-order valence-corrected chi connectivity index (χ1v) is 11.1. The number of aryl methyl sites for hydroxylation is 1. The molecule has 0 saturated carbocycles. The SMILES string of the molecule is COc1ccc(S(=O)(=O)N[C@@H](C)C(=O)OCc2c(C#N)c(C)nn2-c2ccccc2)cc1. The van der Waals surface area contributed by atoms with E-state index in [0.29, 0.717) is 28.4 Å². The summed E-state index contributed by atoms with van der Waals surface area (Å²) in [4.78, 5) is 12.5. The molecule has 3 aromatic rings. The van der Waals surface area contributed by atoms with Gasteiger partial charge < -0.3 is 9.47 Å². The van der Waals surface area contributed by atoms with Crippen molar-refractivity contribution >= 4 is 16.0 Å². The summed E-state index contributed by atoms with van der Waals surface area (Å²) in [7, 11) is -2.47. The lowest BCUT2D eigenvalue weighted by atomic mass is 10.2. The molecule has 3 rings (SSSR count). The Morgan fingerprint density at radius 3 is 2.44 bits per heavy atom. The number of nitrogens with zero attached hydrogens (tertiary/aromatic N) is 3. The summed E-state index contributed by atoms with van der Waals surface area (Å²) in [5.41, 5.74) is 1.90. The molecule has 1 atom stereocenters. The first kappa shape index (κ1) is 23.0. The molecule has 1 heterocycles. The number of methoxy groups -OCH3 is 1. The summed E-state index contributed by atoms with van der Waals surface area (Å²) in [6.07, 6.45) is 0. The van der Waals surface area contributed by atoms with Gasteiger partial charge >= 0.3 is 5.97 Å². The van der Waals surface area contributed by atoms with Crippen LogP contribution in [0.4, 0.5) is 0 Å². The van der Waals surface area contributed by atoms with Crippen LogP contribution in [0.15, 0.2) is 59.5 Å². The number of para-hydroxylation sites is 1. The number of nitriles is 1. The lowest BCUT2D eigenvalue weighted by molar-refractivity contribution is -0.146. The average molecular weight is 455 g/mol. The summed E-state index contributed by atoms with van der Waals surface area (Å²) in [5, 5.41) is 13.9. The average Bonchev–Trinajstić information content (AvgIpc) is 3.12. The fourth-order valence-corrected chi connectivity index (χ4v) is 4.20. The Bertz CT molecular complexity index is 1250. The molecule has 166 valence electrons. The minimum Gasteiger partial charge on any atom is -0.497 e. The van der Waals surface area contributed by atoms with Crippen LogP contribution in [-0.2, 0) is 26.2 Å². The fourth-order valence-electron chi connectivity index (χ4n) is 3.00. The van der Waals surface area contributed by atoms with Crippen LogP contribution in [0.2, 0.25) is 0 Å². The molecule has 1 N–H and O–H groups in total. The van der Waals surface area contributed by atoms with Gasteiger partial charge in [-0.25, -0.2) is 13.1 Å². The second-order valence-corrected chi connectivity index (χ2v) is 8.61. The minimum atomic E-state index is -3.95. The Labute approximate surface area is 186 Å². The summed E-state index contributed by atoms with van der Waals surface area (Å²) >= 11 is 0. The fraction of sp³-hybridized carbons (Fsp3) is 0.227. The molecule has 1 aromatic heterocycles. The van der Waals surface area contributed by atoms with Gasteiger partial charge in [0, 0.05) is 0 Å². The molecule has 0 saturated heterocycles. The van der Waals surface area contributed by atoms with Crippen LogP contribution in [0, 0.1) is 18.3 Å². The summed E-state index contributed by atoms with van der Waals surface area (Å²) in [6, 6.07) is 15.8. The molecule has 0 amide bonds. The number of benzene rings is 2. The van der Waals surface area contributed by atoms with Gasteiger partial charge in [0.15, 0.2) is 0 Å². The van der Waals surface area contributed by atoms with Gasteiger partial charge in [-0.05, 0) is 50.2 Å². The Morgan fingerprint density at radius 1 is 1.19 bits per heavy atom. The first-order chi connectivity index (χ1) is 15.3. The highest BCUT2D eigenvalue weighted by molar-refractivity contribution is 7.89. The zero-order valence-electron chi connectivity index (χ0n) is 17.8. The van der Waals surface area contributed by atoms with Crippen molar-refractivity contribution in [2.24, 2.45) is 0 Å². The molecule has 0 spiro atoms. The van der Waals surface area contributed by atoms with Gasteiger partial charge in [-0.2, -0.15) is 15.1 Å². The van der Waals surface area contributed by atoms with Crippen molar-refractivity contribution in [2.45, 2.75) is 31.4 Å². The maximum atomic E-state index is 12.5. The second kappa shape index (κ2) is 9.64. The number of nitrogens with one attached hydrogen (secondary N) is 1. The van der Waals surface area contributed by atoms with Gasteiger partial charge in [-0.3, -0.25) is 4.79 Å². The van der Waals surface area contributed by atoms with E-state index in [1.165, 1.54) is 43.0 Å². The lowest BCUT2D eigenvalue weighted by Crippen LogP contribution is -2.39. The van der Waals surface area contributed by atoms with E-state index < -0.39 is 22.0 Å². The number of esters is 1. The van der Waals surface area contributed by atoms with Gasteiger partial charge in [-0.15, -0.1) is 0 Å². The van der Waals surface area contributed by atoms with Gasteiger partial charge in [0.05, 0.1) is 29.1 Å². The van der Waals surface area contributed by atoms with Gasteiger partial charge in [0.25, 0.3) is 0 Å². The molecule has 0 aliphatic rings. The third-order valence-electron chi connectivity index (χ3n) is 4.67. The largest absolute Gasteiger partial charge is 0.497 e. The molecule has 0 radical (unpaired) electrons. The number of carbonyl (C=O) groups excluding carboxylic acids is 1. The van der Waals surface area contributed by atoms with Crippen molar-refractivity contribution in [3.05, 3.63) is 71.5 Å². The van der Waals surface area contributed by atoms with E-state index in [9.17, 15) is 18.5 Å². The van der Waals surface area contributed by atoms with E-state index in [1.54, 1.807) is 6.92 Å². The standard InChI is InChI=1S/C22H22N4O5S/c1-15-20(13-23)21(26(24-15)17-7-5-4-6-8-17)14-31-22(27)16(2)25-32(28,29)19-11-9-18(30-3)10-12-19/h4-12,16,25H,14H2,1-3H3/t16-/m0/s1. The third kappa shape index (κ3) is 4.96. The van der Waals surface area contributed by atoms with Crippen molar-refractivity contribution in [2.75, 3.05) is 7.11 Å². The molecule has 10 heteroatoms. The summed E-state index contributed by atoms with van der Waals surface area (Å²) < 4.78 is 39.3. The Hall–Kier alpha value is -3.68. The predicted octanol–water partition coefficient (Wildman–Crippen LogP) is 2.47. The Morgan fingerprint density at radius 2 is 1.84 bits per heavy atom. The highest BCUT2D eigenvalue weighted by atomic mass is 32.2. The maximum Gasteiger partial charge on any atom is 0.324 e. The predicted molar refractivity (Wildman–Crippen MR) is 116 cm³/mol. The molecule has 9 nitrogen and oxygen atoms in total. The van der Waals surface area contributed by atoms with Crippen molar-refractivity contribution in [3.8, 4) is 17.5 Å². The van der Waals surface area contributed by atoms with Crippen molar-refractivity contribution in [1.29, 1.82) is 5.26 Å². The number of carbonyl (C=O) groups is 1. The quantitative estimate of drug-likeness (QED) is 0.519. The number of hydrogen-bond donors (Lipinski definition) is 1. The van der Waals surface area contributed by atoms with Crippen LogP contribution < -0.4 is 9.46 Å². The zero-order chi connectivity index (χ0) is 23.3. The van der Waals surface area contributed by atoms with Crippen LogP contribution in [-0.4, -0.2) is 37.3 Å². The number of rotatable bonds is 8. The molecule has 0 aliphatic heterocycles. The monoisotopic (exact) mass is 454 g/mol. The van der Waals surface area contributed by atoms with E-state index in [-0.39, 0.29) is 11.5 Å². The molecule has 32 heavy (non-hydrogen) atoms. The number of ether oxygens (including phenoxy) is 2. The topological polar surface area (TPSA) is 123 Å². The summed E-state index contributed by atoms with van der Waals surface area (Å²) in [6.45, 7) is 2.83. The van der Waals surface area contributed by atoms with E-state index in [2.05, 4.69) is 15.9 Å². The van der Waals surface area contributed by atoms with E-state index in [0.717, 1.165) is 0 Å². The van der Waals surface area contributed by atoms with Gasteiger partial charge in [0.1, 0.15) is 30.0 Å². The van der Waals surface area contributed by atoms with Crippen molar-refractivity contribution in [1.82, 2.24) is 14.5 Å². The van der Waals surface area contributed by atoms with E-state index in [4.69, 9.17) is 9.47 Å². The van der Waals surface area contributed by atoms with Crippen LogP contribution in [0.3, 0.4) is 0 Å². The van der Waals surface area contributed by atoms with Crippen LogP contribution in [0.1, 0.15) is 23.9 Å². The van der Waals surface area contributed by atoms with Crippen LogP contribution >= 0.6 is 0 Å². The normalized spacial score (nSPS) is 12.1. The highest BCUT2D eigenvalue weighted by Crippen LogP contribution is 2.20. The van der Waals surface area contributed by atoms with E-state index >= 15 is 0 Å². The molecule has 0 unspecified atom stereocenters. The highest BCUT2D eigenvalue weighted by Gasteiger charge is 2.25. The zero-order valence-corrected chi connectivity index (χ0v) is 18.6. The van der Waals surface area contributed by atoms with Gasteiger partial charge in [-0.1, -0.05) is 18.2 Å². The van der Waals surface area contributed by atoms with Crippen molar-refractivity contribution in [3.63, 3.8) is 0 Å². The first-order valence-electron chi connectivity index (χ1n) is 9.64. The lowest BCUT2D eigenvalue weighted by Gasteiger charge is -2.15. The van der Waals surface area contributed by atoms with Gasteiger partial charge in [0.2, 0.25) is 10.0 Å². The molecular weight excluding hydrogens is 432 g/mol. The third-order valence-corrected chi connectivity index (χ3v) is 6.23. The number of sulfonamides is 1. The second-order valence-electron chi connectivity index (χ2n) is 6.89. The molecule has 0 bridgehead atoms. The smallest absolute Gasteiger partial charge is 0.324 e. The molecular formula is C22H22N4O5S. The number of hydrogen-bond acceptors (Lipinski definition) is 7. The van der Waals surface area contributed by atoms with Crippen molar-refractivity contribution < 1.29 is 22.7 Å². The van der Waals surface area contributed by atoms with Crippen LogP contribution in [0.5, 0.6) is 5.75 Å². The maximum absolute atomic E-state index is 12.5. The minimum absolute atomic E-state index is 0.0116. The molecule has 0 fully saturated rings. The molecule has 2 aromatic carbocycles. The number of aromatic nitrogens is 2. The Balaban J connectivity index is 1.73. The molecule has 0 aliphatic carbocycles. The summed E-state index contributed by atoms with van der Waals surface area (Å²) in [5.74, 6) is -0.278. The Kier molecular flexibility index (Phi) is 6.92. The van der Waals surface area contributed by atoms with E-state index in [1.807, 2.05) is 30.3 Å².